The van der Waals surface area contributed by atoms with Crippen LogP contribution in [-0.2, 0) is 4.43 Å². The molecule has 13 heavy (non-hydrogen) atoms. The molecule has 0 N–H and O–H groups in total. The van der Waals surface area contributed by atoms with Crippen LogP contribution in [0.15, 0.2) is 0 Å². The monoisotopic (exact) mass is 201 g/mol. The molecule has 0 aliphatic carbocycles. The van der Waals surface area contributed by atoms with Crippen LogP contribution < -0.4 is 0 Å². The topological polar surface area (TPSA) is 9.23 Å². The Labute approximate surface area is 85.0 Å². The minimum Gasteiger partial charge on any atom is -0.418 e. The second-order valence-electron chi connectivity index (χ2n) is 4.58. The lowest BCUT2D eigenvalue weighted by atomic mass is 10.1. The smallest absolute Gasteiger partial charge is 0.183 e. The molecule has 1 nitrogen and oxygen atoms in total. The van der Waals surface area contributed by atoms with Crippen molar-refractivity contribution < 1.29 is 4.43 Å². The van der Waals surface area contributed by atoms with Gasteiger partial charge in [0.1, 0.15) is 0 Å². The maximum atomic E-state index is 5.76. The molecule has 2 heteroatoms. The average Bonchev–Trinajstić information content (AvgIpc) is 2.01. The van der Waals surface area contributed by atoms with Crippen molar-refractivity contribution in [2.24, 2.45) is 0 Å². The minimum absolute atomic E-state index is 0.972. The van der Waals surface area contributed by atoms with Gasteiger partial charge in [-0.1, -0.05) is 39.0 Å². The second kappa shape index (κ2) is 7.57. The number of rotatable bonds is 8. The van der Waals surface area contributed by atoms with Gasteiger partial charge in [0.05, 0.1) is 0 Å². The highest BCUT2D eigenvalue weighted by Crippen LogP contribution is 2.07. The van der Waals surface area contributed by atoms with E-state index in [-0.39, 0.29) is 0 Å². The van der Waals surface area contributed by atoms with Gasteiger partial charge in [0.25, 0.3) is 0 Å². The van der Waals surface area contributed by atoms with Crippen LogP contribution in [0.4, 0.5) is 0 Å². The predicted octanol–water partition coefficient (Wildman–Crippen LogP) is 4.01. The Morgan fingerprint density at radius 3 is 2.00 bits per heavy atom. The van der Waals surface area contributed by atoms with Crippen molar-refractivity contribution in [1.29, 1.82) is 0 Å². The minimum atomic E-state index is -1.24. The molecule has 0 rings (SSSR count). The largest absolute Gasteiger partial charge is 0.418 e. The van der Waals surface area contributed by atoms with E-state index in [4.69, 9.17) is 4.43 Å². The Balaban J connectivity index is 3.00. The molecule has 0 aliphatic heterocycles. The SMILES string of the molecule is [CH2]CCCCCCCO[Si](C)(C)C. The third-order valence-electron chi connectivity index (χ3n) is 1.93. The van der Waals surface area contributed by atoms with Crippen LogP contribution in [0.3, 0.4) is 0 Å². The van der Waals surface area contributed by atoms with Crippen LogP contribution in [0, 0.1) is 6.92 Å². The van der Waals surface area contributed by atoms with Crippen LogP contribution in [-0.4, -0.2) is 14.9 Å². The van der Waals surface area contributed by atoms with Gasteiger partial charge in [-0.3, -0.25) is 0 Å². The van der Waals surface area contributed by atoms with Crippen molar-refractivity contribution in [3.05, 3.63) is 6.92 Å². The Morgan fingerprint density at radius 2 is 1.46 bits per heavy atom. The van der Waals surface area contributed by atoms with E-state index in [1.807, 2.05) is 0 Å². The molecule has 0 unspecified atom stereocenters. The van der Waals surface area contributed by atoms with E-state index >= 15 is 0 Å². The molecular weight excluding hydrogens is 176 g/mol. The molecule has 0 aromatic carbocycles. The first-order valence-electron chi connectivity index (χ1n) is 5.49. The third kappa shape index (κ3) is 12.2. The molecule has 0 aliphatic rings. The summed E-state index contributed by atoms with van der Waals surface area (Å²) in [4.78, 5) is 0. The van der Waals surface area contributed by atoms with E-state index in [2.05, 4.69) is 26.6 Å². The fourth-order valence-electron chi connectivity index (χ4n) is 1.19. The molecule has 0 aromatic rings. The molecular formula is C11H25OSi. The summed E-state index contributed by atoms with van der Waals surface area (Å²) in [5, 5.41) is 0. The quantitative estimate of drug-likeness (QED) is 0.426. The van der Waals surface area contributed by atoms with Gasteiger partial charge in [-0.25, -0.2) is 0 Å². The lowest BCUT2D eigenvalue weighted by molar-refractivity contribution is 0.298. The molecule has 79 valence electrons. The van der Waals surface area contributed by atoms with Crippen molar-refractivity contribution in [2.45, 2.75) is 58.2 Å². The normalized spacial score (nSPS) is 12.0. The first-order valence-corrected chi connectivity index (χ1v) is 8.90. The lowest BCUT2D eigenvalue weighted by Gasteiger charge is -2.16. The average molecular weight is 201 g/mol. The van der Waals surface area contributed by atoms with Gasteiger partial charge >= 0.3 is 0 Å². The second-order valence-corrected chi connectivity index (χ2v) is 9.10. The van der Waals surface area contributed by atoms with Gasteiger partial charge < -0.3 is 4.43 Å². The number of hydrogen-bond acceptors (Lipinski definition) is 1. The molecule has 0 saturated carbocycles. The summed E-state index contributed by atoms with van der Waals surface area (Å²) in [5.41, 5.74) is 0. The summed E-state index contributed by atoms with van der Waals surface area (Å²) in [7, 11) is -1.24. The zero-order valence-corrected chi connectivity index (χ0v) is 10.6. The Hall–Kier alpha value is 0.177. The zero-order valence-electron chi connectivity index (χ0n) is 9.57. The first-order chi connectivity index (χ1) is 6.06. The van der Waals surface area contributed by atoms with Crippen molar-refractivity contribution in [3.8, 4) is 0 Å². The summed E-state index contributed by atoms with van der Waals surface area (Å²) < 4.78 is 5.76. The van der Waals surface area contributed by atoms with Gasteiger partial charge in [0.15, 0.2) is 8.32 Å². The van der Waals surface area contributed by atoms with Gasteiger partial charge in [-0.05, 0) is 26.1 Å². The lowest BCUT2D eigenvalue weighted by Crippen LogP contribution is -2.25. The molecule has 0 aromatic heterocycles. The van der Waals surface area contributed by atoms with E-state index in [0.717, 1.165) is 13.0 Å². The molecule has 0 amide bonds. The van der Waals surface area contributed by atoms with Crippen LogP contribution in [0.2, 0.25) is 19.6 Å². The summed E-state index contributed by atoms with van der Waals surface area (Å²) in [5.74, 6) is 0. The van der Waals surface area contributed by atoms with Crippen LogP contribution >= 0.6 is 0 Å². The van der Waals surface area contributed by atoms with Gasteiger partial charge in [0, 0.05) is 6.61 Å². The van der Waals surface area contributed by atoms with Crippen LogP contribution in [0.25, 0.3) is 0 Å². The highest BCUT2D eigenvalue weighted by Gasteiger charge is 2.12. The fraction of sp³-hybridized carbons (Fsp3) is 0.909. The highest BCUT2D eigenvalue weighted by molar-refractivity contribution is 6.69. The van der Waals surface area contributed by atoms with E-state index in [0.29, 0.717) is 0 Å². The summed E-state index contributed by atoms with van der Waals surface area (Å²) in [6.07, 6.45) is 7.63. The van der Waals surface area contributed by atoms with E-state index in [1.165, 1.54) is 32.1 Å². The van der Waals surface area contributed by atoms with Gasteiger partial charge in [-0.2, -0.15) is 0 Å². The highest BCUT2D eigenvalue weighted by atomic mass is 28.4. The van der Waals surface area contributed by atoms with Gasteiger partial charge in [0.2, 0.25) is 0 Å². The van der Waals surface area contributed by atoms with E-state index in [9.17, 15) is 0 Å². The standard InChI is InChI=1S/C11H25OSi/c1-5-6-7-8-9-10-11-12-13(2,3)4/h1,5-11H2,2-4H3. The van der Waals surface area contributed by atoms with Crippen molar-refractivity contribution in [2.75, 3.05) is 6.61 Å². The van der Waals surface area contributed by atoms with Crippen LogP contribution in [0.5, 0.6) is 0 Å². The van der Waals surface area contributed by atoms with Gasteiger partial charge in [-0.15, -0.1) is 0 Å². The number of hydrogen-bond donors (Lipinski definition) is 0. The Kier molecular flexibility index (Phi) is 7.67. The predicted molar refractivity (Wildman–Crippen MR) is 62.4 cm³/mol. The zero-order chi connectivity index (χ0) is 10.2. The third-order valence-corrected chi connectivity index (χ3v) is 3.00. The molecule has 0 saturated heterocycles. The molecule has 0 spiro atoms. The van der Waals surface area contributed by atoms with Crippen LogP contribution in [0.1, 0.15) is 38.5 Å². The molecule has 1 radical (unpaired) electrons. The molecule has 0 heterocycles. The Bertz CT molecular complexity index is 107. The van der Waals surface area contributed by atoms with Crippen molar-refractivity contribution >= 4 is 8.32 Å². The number of unbranched alkanes of at least 4 members (excludes halogenated alkanes) is 5. The summed E-state index contributed by atoms with van der Waals surface area (Å²) in [6, 6.07) is 0. The maximum absolute atomic E-state index is 5.76. The molecule has 0 fully saturated rings. The van der Waals surface area contributed by atoms with E-state index < -0.39 is 8.32 Å². The molecule has 0 bridgehead atoms. The van der Waals surface area contributed by atoms with Crippen molar-refractivity contribution in [3.63, 3.8) is 0 Å². The maximum Gasteiger partial charge on any atom is 0.183 e. The first kappa shape index (κ1) is 13.2. The van der Waals surface area contributed by atoms with E-state index in [1.54, 1.807) is 0 Å². The molecule has 0 atom stereocenters. The van der Waals surface area contributed by atoms with Crippen molar-refractivity contribution in [1.82, 2.24) is 0 Å². The summed E-state index contributed by atoms with van der Waals surface area (Å²) in [6.45, 7) is 11.5. The Morgan fingerprint density at radius 1 is 0.923 bits per heavy atom. The summed E-state index contributed by atoms with van der Waals surface area (Å²) >= 11 is 0. The fourth-order valence-corrected chi connectivity index (χ4v) is 1.94.